The Kier molecular flexibility index (Phi) is 6.94. The molecule has 2 N–H and O–H groups in total. The van der Waals surface area contributed by atoms with Crippen LogP contribution in [0.25, 0.3) is 22.0 Å². The summed E-state index contributed by atoms with van der Waals surface area (Å²) in [4.78, 5) is 27.8. The summed E-state index contributed by atoms with van der Waals surface area (Å²) in [6.45, 7) is 8.45. The van der Waals surface area contributed by atoms with Gasteiger partial charge in [0.05, 0.1) is 17.3 Å². The van der Waals surface area contributed by atoms with E-state index in [1.54, 1.807) is 24.3 Å². The van der Waals surface area contributed by atoms with Crippen LogP contribution in [0.2, 0.25) is 0 Å². The zero-order valence-corrected chi connectivity index (χ0v) is 19.0. The molecule has 0 spiro atoms. The van der Waals surface area contributed by atoms with E-state index in [9.17, 15) is 23.7 Å². The van der Waals surface area contributed by atoms with Crippen LogP contribution < -0.4 is 4.74 Å². The highest BCUT2D eigenvalue weighted by Gasteiger charge is 2.48. The molecule has 0 aliphatic heterocycles. The van der Waals surface area contributed by atoms with E-state index >= 15 is 0 Å². The number of hydrogen-bond acceptors (Lipinski definition) is 5. The molecule has 3 atom stereocenters. The number of benzene rings is 2. The fourth-order valence-electron chi connectivity index (χ4n) is 3.57. The Morgan fingerprint density at radius 1 is 1.19 bits per heavy atom. The van der Waals surface area contributed by atoms with Crippen molar-refractivity contribution in [3.8, 4) is 16.9 Å². The molecule has 0 aliphatic carbocycles. The van der Waals surface area contributed by atoms with E-state index in [0.717, 1.165) is 6.08 Å². The van der Waals surface area contributed by atoms with Gasteiger partial charge in [0.15, 0.2) is 10.9 Å². The van der Waals surface area contributed by atoms with Crippen molar-refractivity contribution in [3.63, 3.8) is 0 Å². The number of ether oxygens (including phenoxy) is 1. The first-order valence-electron chi connectivity index (χ1n) is 10.1. The van der Waals surface area contributed by atoms with Crippen molar-refractivity contribution in [1.82, 2.24) is 4.98 Å². The molecule has 0 fully saturated rings. The number of para-hydroxylation sites is 1. The Balaban J connectivity index is 2.34. The molecular weight excluding hydrogens is 432 g/mol. The van der Waals surface area contributed by atoms with Crippen LogP contribution in [0.5, 0.6) is 5.75 Å². The van der Waals surface area contributed by atoms with E-state index in [1.165, 1.54) is 19.1 Å². The Labute approximate surface area is 186 Å². The van der Waals surface area contributed by atoms with Crippen molar-refractivity contribution in [2.45, 2.75) is 37.9 Å². The average Bonchev–Trinajstić information content (AvgIpc) is 2.74. The SMILES string of the molecule is C=CC(C(=O)Oc1c(C(C)C)nc2ccccc2c1-c1ccc(F)cc1)(C(C)O)[PH](=O)O. The van der Waals surface area contributed by atoms with Crippen molar-refractivity contribution in [2.75, 3.05) is 0 Å². The number of fused-ring (bicyclic) bond motifs is 1. The second-order valence-electron chi connectivity index (χ2n) is 7.82. The van der Waals surface area contributed by atoms with Gasteiger partial charge in [0.1, 0.15) is 5.82 Å². The predicted molar refractivity (Wildman–Crippen MR) is 123 cm³/mol. The number of rotatable bonds is 7. The monoisotopic (exact) mass is 457 g/mol. The highest BCUT2D eigenvalue weighted by molar-refractivity contribution is 7.42. The standard InChI is InChI=1S/C24H25FNO5P/c1-5-24(15(4)27,32(29)30)23(28)31-22-20(16-10-12-17(25)13-11-16)18-8-6-7-9-19(18)26-21(22)14(2)3/h5-15,27,32H,1H2,2-4H3,(H,29,30). The largest absolute Gasteiger partial charge is 0.423 e. The van der Waals surface area contributed by atoms with Gasteiger partial charge in [0.25, 0.3) is 0 Å². The van der Waals surface area contributed by atoms with Crippen LogP contribution in [0.1, 0.15) is 32.4 Å². The van der Waals surface area contributed by atoms with E-state index in [4.69, 9.17) is 4.74 Å². The van der Waals surface area contributed by atoms with Crippen molar-refractivity contribution in [2.24, 2.45) is 0 Å². The van der Waals surface area contributed by atoms with Gasteiger partial charge >= 0.3 is 5.97 Å². The first-order valence-corrected chi connectivity index (χ1v) is 11.4. The number of halogens is 1. The van der Waals surface area contributed by atoms with Crippen molar-refractivity contribution in [1.29, 1.82) is 0 Å². The number of hydrogen-bond donors (Lipinski definition) is 2. The first-order chi connectivity index (χ1) is 15.1. The summed E-state index contributed by atoms with van der Waals surface area (Å²) in [6.07, 6.45) is -0.573. The Morgan fingerprint density at radius 3 is 2.34 bits per heavy atom. The maximum absolute atomic E-state index is 13.6. The molecule has 0 radical (unpaired) electrons. The molecule has 0 saturated heterocycles. The minimum atomic E-state index is -3.62. The number of esters is 1. The quantitative estimate of drug-likeness (QED) is 0.299. The van der Waals surface area contributed by atoms with Gasteiger partial charge < -0.3 is 14.7 Å². The lowest BCUT2D eigenvalue weighted by Gasteiger charge is -2.29. The highest BCUT2D eigenvalue weighted by atomic mass is 31.1. The van der Waals surface area contributed by atoms with Crippen LogP contribution in [0.3, 0.4) is 0 Å². The Hall–Kier alpha value is -2.86. The third kappa shape index (κ3) is 4.11. The fourth-order valence-corrected chi connectivity index (χ4v) is 4.32. The molecule has 0 amide bonds. The summed E-state index contributed by atoms with van der Waals surface area (Å²) in [6, 6.07) is 12.9. The van der Waals surface area contributed by atoms with E-state index < -0.39 is 31.1 Å². The minimum Gasteiger partial charge on any atom is -0.423 e. The average molecular weight is 457 g/mol. The summed E-state index contributed by atoms with van der Waals surface area (Å²) in [5.41, 5.74) is 2.16. The van der Waals surface area contributed by atoms with Gasteiger partial charge in [-0.15, -0.1) is 6.58 Å². The Morgan fingerprint density at radius 2 is 1.81 bits per heavy atom. The lowest BCUT2D eigenvalue weighted by molar-refractivity contribution is -0.138. The number of nitrogens with zero attached hydrogens (tertiary/aromatic N) is 1. The second kappa shape index (κ2) is 9.33. The van der Waals surface area contributed by atoms with Gasteiger partial charge in [-0.25, -0.2) is 14.2 Å². The van der Waals surface area contributed by atoms with Crippen LogP contribution in [0.15, 0.2) is 61.2 Å². The smallest absolute Gasteiger partial charge is 0.333 e. The number of carbonyl (C=O) groups is 1. The lowest BCUT2D eigenvalue weighted by Crippen LogP contribution is -2.46. The van der Waals surface area contributed by atoms with Gasteiger partial charge in [-0.2, -0.15) is 0 Å². The first kappa shape index (κ1) is 23.8. The van der Waals surface area contributed by atoms with E-state index in [2.05, 4.69) is 11.6 Å². The van der Waals surface area contributed by atoms with Gasteiger partial charge in [-0.05, 0) is 36.6 Å². The molecule has 0 bridgehead atoms. The van der Waals surface area contributed by atoms with Crippen LogP contribution in [-0.2, 0) is 9.36 Å². The van der Waals surface area contributed by atoms with Gasteiger partial charge in [-0.3, -0.25) is 4.57 Å². The lowest BCUT2D eigenvalue weighted by atomic mass is 9.95. The third-order valence-electron chi connectivity index (χ3n) is 5.42. The molecule has 3 rings (SSSR count). The summed E-state index contributed by atoms with van der Waals surface area (Å²) < 4.78 is 31.5. The molecule has 1 aromatic heterocycles. The predicted octanol–water partition coefficient (Wildman–Crippen LogP) is 4.84. The van der Waals surface area contributed by atoms with Gasteiger partial charge in [-0.1, -0.05) is 50.3 Å². The van der Waals surface area contributed by atoms with E-state index in [-0.39, 0.29) is 11.7 Å². The summed E-state index contributed by atoms with van der Waals surface area (Å²) in [5, 5.41) is 8.65. The molecule has 0 saturated carbocycles. The van der Waals surface area contributed by atoms with Gasteiger partial charge in [0.2, 0.25) is 8.03 Å². The normalized spacial score (nSPS) is 15.2. The van der Waals surface area contributed by atoms with E-state index in [1.807, 2.05) is 26.0 Å². The van der Waals surface area contributed by atoms with Crippen molar-refractivity contribution >= 4 is 24.9 Å². The van der Waals surface area contributed by atoms with E-state index in [0.29, 0.717) is 27.7 Å². The fraction of sp³-hybridized carbons (Fsp3) is 0.250. The van der Waals surface area contributed by atoms with Crippen LogP contribution in [-0.4, -0.2) is 32.2 Å². The molecule has 0 aliphatic rings. The molecule has 2 aromatic carbocycles. The molecule has 6 nitrogen and oxygen atoms in total. The molecule has 8 heteroatoms. The third-order valence-corrected chi connectivity index (χ3v) is 6.95. The Bertz CT molecular complexity index is 1190. The van der Waals surface area contributed by atoms with Crippen LogP contribution in [0.4, 0.5) is 4.39 Å². The highest BCUT2D eigenvalue weighted by Crippen LogP contribution is 2.45. The van der Waals surface area contributed by atoms with Crippen molar-refractivity contribution in [3.05, 3.63) is 72.7 Å². The molecule has 168 valence electrons. The minimum absolute atomic E-state index is 0.0884. The summed E-state index contributed by atoms with van der Waals surface area (Å²) in [5.74, 6) is -1.63. The van der Waals surface area contributed by atoms with Crippen molar-refractivity contribution < 1.29 is 28.5 Å². The number of pyridine rings is 1. The summed E-state index contributed by atoms with van der Waals surface area (Å²) >= 11 is 0. The summed E-state index contributed by atoms with van der Waals surface area (Å²) in [7, 11) is -3.62. The van der Waals surface area contributed by atoms with Crippen LogP contribution >= 0.6 is 8.03 Å². The number of aromatic nitrogens is 1. The molecular formula is C24H25FNO5P. The zero-order chi connectivity index (χ0) is 23.6. The maximum atomic E-state index is 13.6. The number of aliphatic hydroxyl groups is 1. The maximum Gasteiger partial charge on any atom is 0.333 e. The molecule has 3 unspecified atom stereocenters. The molecule has 1 heterocycles. The molecule has 32 heavy (non-hydrogen) atoms. The zero-order valence-electron chi connectivity index (χ0n) is 18.0. The molecule has 3 aromatic rings. The topological polar surface area (TPSA) is 96.7 Å². The number of carbonyl (C=O) groups excluding carboxylic acids is 1. The van der Waals surface area contributed by atoms with Gasteiger partial charge in [0, 0.05) is 10.9 Å². The van der Waals surface area contributed by atoms with Crippen LogP contribution in [0, 0.1) is 5.82 Å². The second-order valence-corrected chi connectivity index (χ2v) is 9.26. The number of aliphatic hydroxyl groups excluding tert-OH is 1.